The molecule has 2 heterocycles. The predicted molar refractivity (Wildman–Crippen MR) is 82.8 cm³/mol. The minimum atomic E-state index is -0.122. The van der Waals surface area contributed by atoms with Gasteiger partial charge in [0.05, 0.1) is 5.92 Å². The van der Waals surface area contributed by atoms with Gasteiger partial charge >= 0.3 is 0 Å². The van der Waals surface area contributed by atoms with Crippen LogP contribution in [0.25, 0.3) is 11.0 Å². The van der Waals surface area contributed by atoms with E-state index in [4.69, 9.17) is 4.42 Å². The third kappa shape index (κ3) is 2.02. The Balaban J connectivity index is 1.75. The lowest BCUT2D eigenvalue weighted by Crippen LogP contribution is -2.22. The standard InChI is InChI=1S/C18H15NO2/c20-18(17-11-12-5-1-4-8-16(12)21-17)14-9-10-19-15-7-3-2-6-13(14)15/h1-8,11,14,19H,9-10H2. The molecule has 3 heteroatoms. The van der Waals surface area contributed by atoms with Crippen molar-refractivity contribution >= 4 is 22.4 Å². The quantitative estimate of drug-likeness (QED) is 0.713. The summed E-state index contributed by atoms with van der Waals surface area (Å²) in [5.41, 5.74) is 2.88. The lowest BCUT2D eigenvalue weighted by Gasteiger charge is -2.24. The maximum absolute atomic E-state index is 12.8. The van der Waals surface area contributed by atoms with Crippen molar-refractivity contribution in [2.24, 2.45) is 0 Å². The van der Waals surface area contributed by atoms with Gasteiger partial charge < -0.3 is 9.73 Å². The maximum atomic E-state index is 12.8. The van der Waals surface area contributed by atoms with Crippen LogP contribution in [0.5, 0.6) is 0 Å². The molecule has 1 atom stereocenters. The lowest BCUT2D eigenvalue weighted by atomic mass is 9.86. The van der Waals surface area contributed by atoms with Crippen molar-refractivity contribution in [1.29, 1.82) is 0 Å². The third-order valence-corrected chi connectivity index (χ3v) is 4.07. The van der Waals surface area contributed by atoms with Crippen LogP contribution in [0.3, 0.4) is 0 Å². The summed E-state index contributed by atoms with van der Waals surface area (Å²) in [7, 11) is 0. The fourth-order valence-corrected chi connectivity index (χ4v) is 3.02. The monoisotopic (exact) mass is 277 g/mol. The van der Waals surface area contributed by atoms with E-state index in [0.717, 1.165) is 35.2 Å². The van der Waals surface area contributed by atoms with E-state index >= 15 is 0 Å². The predicted octanol–water partition coefficient (Wildman–Crippen LogP) is 4.21. The van der Waals surface area contributed by atoms with Crippen LogP contribution in [0.1, 0.15) is 28.5 Å². The molecule has 0 bridgehead atoms. The van der Waals surface area contributed by atoms with Crippen LogP contribution in [0.4, 0.5) is 5.69 Å². The van der Waals surface area contributed by atoms with Gasteiger partial charge in [-0.3, -0.25) is 4.79 Å². The molecule has 0 saturated heterocycles. The topological polar surface area (TPSA) is 42.2 Å². The zero-order chi connectivity index (χ0) is 14.2. The average Bonchev–Trinajstić information content (AvgIpc) is 2.97. The molecule has 1 unspecified atom stereocenters. The van der Waals surface area contributed by atoms with Crippen molar-refractivity contribution in [3.8, 4) is 0 Å². The number of carbonyl (C=O) groups is 1. The summed E-state index contributed by atoms with van der Waals surface area (Å²) in [6.07, 6.45) is 0.799. The number of para-hydroxylation sites is 2. The molecular formula is C18H15NO2. The molecule has 0 saturated carbocycles. The largest absolute Gasteiger partial charge is 0.453 e. The van der Waals surface area contributed by atoms with E-state index < -0.39 is 0 Å². The summed E-state index contributed by atoms with van der Waals surface area (Å²) in [5.74, 6) is 0.404. The second kappa shape index (κ2) is 4.77. The number of nitrogens with one attached hydrogen (secondary N) is 1. The molecule has 3 nitrogen and oxygen atoms in total. The summed E-state index contributed by atoms with van der Waals surface area (Å²) >= 11 is 0. The highest BCUT2D eigenvalue weighted by Crippen LogP contribution is 2.34. The van der Waals surface area contributed by atoms with Gasteiger partial charge in [-0.05, 0) is 30.2 Å². The van der Waals surface area contributed by atoms with Gasteiger partial charge in [-0.15, -0.1) is 0 Å². The van der Waals surface area contributed by atoms with Crippen LogP contribution in [0.15, 0.2) is 59.0 Å². The van der Waals surface area contributed by atoms with Crippen LogP contribution in [0, 0.1) is 0 Å². The zero-order valence-electron chi connectivity index (χ0n) is 11.5. The highest BCUT2D eigenvalue weighted by Gasteiger charge is 2.29. The molecule has 0 amide bonds. The number of furan rings is 1. The molecule has 0 radical (unpaired) electrons. The fourth-order valence-electron chi connectivity index (χ4n) is 3.02. The third-order valence-electron chi connectivity index (χ3n) is 4.07. The first-order valence-electron chi connectivity index (χ1n) is 7.18. The molecular weight excluding hydrogens is 262 g/mol. The molecule has 0 fully saturated rings. The molecule has 1 aliphatic heterocycles. The SMILES string of the molecule is O=C(c1cc2ccccc2o1)C1CCNc2ccccc21. The number of hydrogen-bond donors (Lipinski definition) is 1. The van der Waals surface area contributed by atoms with Gasteiger partial charge in [0.1, 0.15) is 5.58 Å². The van der Waals surface area contributed by atoms with Crippen molar-refractivity contribution in [2.75, 3.05) is 11.9 Å². The summed E-state index contributed by atoms with van der Waals surface area (Å²) in [6, 6.07) is 17.6. The van der Waals surface area contributed by atoms with Crippen LogP contribution in [-0.4, -0.2) is 12.3 Å². The molecule has 0 spiro atoms. The molecule has 21 heavy (non-hydrogen) atoms. The molecule has 2 aromatic carbocycles. The first-order valence-corrected chi connectivity index (χ1v) is 7.18. The molecule has 0 aliphatic carbocycles. The lowest BCUT2D eigenvalue weighted by molar-refractivity contribution is 0.0930. The summed E-state index contributed by atoms with van der Waals surface area (Å²) in [4.78, 5) is 12.8. The Bertz CT molecular complexity index is 786. The summed E-state index contributed by atoms with van der Waals surface area (Å²) in [6.45, 7) is 0.813. The van der Waals surface area contributed by atoms with Gasteiger partial charge in [-0.25, -0.2) is 0 Å². The first-order chi connectivity index (χ1) is 10.3. The summed E-state index contributed by atoms with van der Waals surface area (Å²) in [5, 5.41) is 4.32. The molecule has 1 aromatic heterocycles. The van der Waals surface area contributed by atoms with Crippen LogP contribution in [-0.2, 0) is 0 Å². The zero-order valence-corrected chi connectivity index (χ0v) is 11.5. The van der Waals surface area contributed by atoms with Gasteiger partial charge in [-0.1, -0.05) is 36.4 Å². The number of rotatable bonds is 2. The van der Waals surface area contributed by atoms with E-state index in [1.54, 1.807) is 0 Å². The van der Waals surface area contributed by atoms with E-state index in [-0.39, 0.29) is 11.7 Å². The summed E-state index contributed by atoms with van der Waals surface area (Å²) < 4.78 is 5.73. The van der Waals surface area contributed by atoms with Gasteiger partial charge in [0.25, 0.3) is 0 Å². The Hall–Kier alpha value is -2.55. The average molecular weight is 277 g/mol. The van der Waals surface area contributed by atoms with Gasteiger partial charge in [0.15, 0.2) is 5.76 Å². The van der Waals surface area contributed by atoms with Crippen molar-refractivity contribution in [3.63, 3.8) is 0 Å². The van der Waals surface area contributed by atoms with Crippen molar-refractivity contribution < 1.29 is 9.21 Å². The Labute approximate surface area is 122 Å². The van der Waals surface area contributed by atoms with Crippen molar-refractivity contribution in [1.82, 2.24) is 0 Å². The number of fused-ring (bicyclic) bond motifs is 2. The Morgan fingerprint density at radius 1 is 1.10 bits per heavy atom. The highest BCUT2D eigenvalue weighted by molar-refractivity contribution is 6.02. The number of benzene rings is 2. The Kier molecular flexibility index (Phi) is 2.78. The molecule has 1 N–H and O–H groups in total. The second-order valence-electron chi connectivity index (χ2n) is 5.37. The molecule has 3 aromatic rings. The number of Topliss-reactive ketones (excluding diaryl/α,β-unsaturated/α-hetero) is 1. The second-order valence-corrected chi connectivity index (χ2v) is 5.37. The molecule has 4 rings (SSSR count). The van der Waals surface area contributed by atoms with Crippen LogP contribution >= 0.6 is 0 Å². The molecule has 1 aliphatic rings. The number of hydrogen-bond acceptors (Lipinski definition) is 3. The van der Waals surface area contributed by atoms with E-state index in [9.17, 15) is 4.79 Å². The smallest absolute Gasteiger partial charge is 0.205 e. The maximum Gasteiger partial charge on any atom is 0.205 e. The fraction of sp³-hybridized carbons (Fsp3) is 0.167. The van der Waals surface area contributed by atoms with E-state index in [0.29, 0.717) is 5.76 Å². The minimum Gasteiger partial charge on any atom is -0.453 e. The van der Waals surface area contributed by atoms with Crippen LogP contribution < -0.4 is 5.32 Å². The van der Waals surface area contributed by atoms with Crippen molar-refractivity contribution in [2.45, 2.75) is 12.3 Å². The highest BCUT2D eigenvalue weighted by atomic mass is 16.3. The normalized spacial score (nSPS) is 17.2. The number of anilines is 1. The number of carbonyl (C=O) groups excluding carboxylic acids is 1. The Morgan fingerprint density at radius 3 is 2.81 bits per heavy atom. The van der Waals surface area contributed by atoms with Crippen LogP contribution in [0.2, 0.25) is 0 Å². The number of ketones is 1. The van der Waals surface area contributed by atoms with Gasteiger partial charge in [0, 0.05) is 17.6 Å². The molecule has 104 valence electrons. The van der Waals surface area contributed by atoms with E-state index in [2.05, 4.69) is 5.32 Å². The van der Waals surface area contributed by atoms with Crippen molar-refractivity contribution in [3.05, 3.63) is 65.9 Å². The van der Waals surface area contributed by atoms with E-state index in [1.807, 2.05) is 54.6 Å². The van der Waals surface area contributed by atoms with Gasteiger partial charge in [0.2, 0.25) is 5.78 Å². The Morgan fingerprint density at radius 2 is 1.90 bits per heavy atom. The van der Waals surface area contributed by atoms with E-state index in [1.165, 1.54) is 0 Å². The first kappa shape index (κ1) is 12.2. The van der Waals surface area contributed by atoms with Gasteiger partial charge in [-0.2, -0.15) is 0 Å². The minimum absolute atomic E-state index is 0.0696.